The van der Waals surface area contributed by atoms with Crippen molar-refractivity contribution in [1.82, 2.24) is 19.7 Å². The quantitative estimate of drug-likeness (QED) is 0.392. The predicted octanol–water partition coefficient (Wildman–Crippen LogP) is 3.57. The molecule has 3 aromatic heterocycles. The number of pyridine rings is 1. The van der Waals surface area contributed by atoms with Crippen LogP contribution in [0.5, 0.6) is 0 Å². The maximum atomic E-state index is 13.0. The Morgan fingerprint density at radius 1 is 1.32 bits per heavy atom. The number of aliphatic carboxylic acids is 1. The number of carboxylic acids is 1. The SMILES string of the molecule is CC(C(=O)O)n1cc(NC(=O)c2coc(-c3ccnc(NCC(F)(F)F)c3)n2)c(N2CCC(C)(C)C2=O)n1. The molecule has 3 aromatic rings. The van der Waals surface area contributed by atoms with Crippen molar-refractivity contribution in [3.8, 4) is 11.5 Å². The highest BCUT2D eigenvalue weighted by Crippen LogP contribution is 2.37. The molecule has 4 rings (SSSR count). The third-order valence-electron chi connectivity index (χ3n) is 5.97. The number of oxazole rings is 1. The van der Waals surface area contributed by atoms with E-state index in [1.165, 1.54) is 36.4 Å². The number of aromatic nitrogens is 4. The molecule has 15 heteroatoms. The molecule has 0 saturated carbocycles. The van der Waals surface area contributed by atoms with Gasteiger partial charge in [-0.15, -0.1) is 0 Å². The van der Waals surface area contributed by atoms with Crippen LogP contribution in [0.2, 0.25) is 0 Å². The van der Waals surface area contributed by atoms with Crippen LogP contribution in [0, 0.1) is 5.41 Å². The van der Waals surface area contributed by atoms with Gasteiger partial charge in [0.2, 0.25) is 11.8 Å². The first-order valence-electron chi connectivity index (χ1n) is 11.4. The molecule has 1 aliphatic heterocycles. The molecule has 38 heavy (non-hydrogen) atoms. The van der Waals surface area contributed by atoms with Gasteiger partial charge in [-0.05, 0) is 25.5 Å². The Labute approximate surface area is 213 Å². The maximum Gasteiger partial charge on any atom is 0.405 e. The van der Waals surface area contributed by atoms with Crippen molar-refractivity contribution in [1.29, 1.82) is 0 Å². The van der Waals surface area contributed by atoms with Gasteiger partial charge >= 0.3 is 12.1 Å². The molecule has 0 radical (unpaired) electrons. The Kier molecular flexibility index (Phi) is 6.86. The Morgan fingerprint density at radius 3 is 2.68 bits per heavy atom. The molecule has 1 fully saturated rings. The van der Waals surface area contributed by atoms with Crippen LogP contribution in [0.25, 0.3) is 11.5 Å². The number of carbonyl (C=O) groups is 3. The first kappa shape index (κ1) is 26.6. The van der Waals surface area contributed by atoms with E-state index in [0.717, 1.165) is 10.9 Å². The van der Waals surface area contributed by atoms with Crippen LogP contribution in [0.1, 0.15) is 43.7 Å². The third-order valence-corrected chi connectivity index (χ3v) is 5.97. The van der Waals surface area contributed by atoms with Crippen LogP contribution in [0.15, 0.2) is 35.2 Å². The molecule has 0 bridgehead atoms. The van der Waals surface area contributed by atoms with Crippen LogP contribution in [0.4, 0.5) is 30.5 Å². The van der Waals surface area contributed by atoms with Gasteiger partial charge in [-0.1, -0.05) is 13.8 Å². The summed E-state index contributed by atoms with van der Waals surface area (Å²) in [6, 6.07) is 1.66. The van der Waals surface area contributed by atoms with Gasteiger partial charge < -0.3 is 20.2 Å². The average molecular weight is 535 g/mol. The van der Waals surface area contributed by atoms with Crippen LogP contribution in [-0.2, 0) is 9.59 Å². The molecule has 1 atom stereocenters. The summed E-state index contributed by atoms with van der Waals surface area (Å²) < 4.78 is 43.9. The Hall–Kier alpha value is -4.43. The summed E-state index contributed by atoms with van der Waals surface area (Å²) in [6.07, 6.45) is -0.263. The summed E-state index contributed by atoms with van der Waals surface area (Å²) in [4.78, 5) is 46.7. The van der Waals surface area contributed by atoms with E-state index in [1.54, 1.807) is 13.8 Å². The van der Waals surface area contributed by atoms with Gasteiger partial charge in [0.05, 0.1) is 6.20 Å². The first-order chi connectivity index (χ1) is 17.7. The number of carboxylic acid groups (broad SMARTS) is 1. The van der Waals surface area contributed by atoms with Crippen molar-refractivity contribution in [2.24, 2.45) is 5.41 Å². The smallest absolute Gasteiger partial charge is 0.405 e. The van der Waals surface area contributed by atoms with E-state index in [1.807, 2.05) is 0 Å². The summed E-state index contributed by atoms with van der Waals surface area (Å²) >= 11 is 0. The molecular formula is C23H24F3N7O5. The minimum Gasteiger partial charge on any atom is -0.480 e. The van der Waals surface area contributed by atoms with E-state index in [0.29, 0.717) is 13.0 Å². The molecule has 0 spiro atoms. The number of nitrogens with one attached hydrogen (secondary N) is 2. The lowest BCUT2D eigenvalue weighted by molar-refractivity contribution is -0.140. The molecular weight excluding hydrogens is 511 g/mol. The largest absolute Gasteiger partial charge is 0.480 e. The second-order valence-electron chi connectivity index (χ2n) is 9.34. The monoisotopic (exact) mass is 535 g/mol. The van der Waals surface area contributed by atoms with Crippen molar-refractivity contribution in [3.05, 3.63) is 36.5 Å². The lowest BCUT2D eigenvalue weighted by Gasteiger charge is -2.18. The summed E-state index contributed by atoms with van der Waals surface area (Å²) in [5, 5.41) is 18.4. The van der Waals surface area contributed by atoms with Gasteiger partial charge in [-0.2, -0.15) is 18.3 Å². The van der Waals surface area contributed by atoms with Gasteiger partial charge in [0, 0.05) is 23.7 Å². The molecule has 1 unspecified atom stereocenters. The summed E-state index contributed by atoms with van der Waals surface area (Å²) in [5.41, 5.74) is -0.443. The number of carbonyl (C=O) groups excluding carboxylic acids is 2. The summed E-state index contributed by atoms with van der Waals surface area (Å²) in [7, 11) is 0. The lowest BCUT2D eigenvalue weighted by atomic mass is 9.92. The van der Waals surface area contributed by atoms with Gasteiger partial charge in [-0.3, -0.25) is 19.2 Å². The Bertz CT molecular complexity index is 1380. The molecule has 0 aromatic carbocycles. The Balaban J connectivity index is 1.57. The number of amides is 2. The minimum atomic E-state index is -4.43. The van der Waals surface area contributed by atoms with Crippen molar-refractivity contribution >= 4 is 35.1 Å². The second-order valence-corrected chi connectivity index (χ2v) is 9.34. The third kappa shape index (κ3) is 5.60. The maximum absolute atomic E-state index is 13.0. The molecule has 0 aliphatic carbocycles. The van der Waals surface area contributed by atoms with Gasteiger partial charge in [0.25, 0.3) is 5.91 Å². The Morgan fingerprint density at radius 2 is 2.05 bits per heavy atom. The lowest BCUT2D eigenvalue weighted by Crippen LogP contribution is -2.32. The van der Waals surface area contributed by atoms with E-state index in [-0.39, 0.29) is 40.4 Å². The van der Waals surface area contributed by atoms with Crippen molar-refractivity contribution in [2.75, 3.05) is 28.6 Å². The second kappa shape index (κ2) is 9.79. The number of alkyl halides is 3. The highest BCUT2D eigenvalue weighted by molar-refractivity contribution is 6.07. The standard InChI is InChI=1S/C23H24F3N7O5/c1-12(20(35)36)33-9-14(17(31-33)32-7-5-22(2,3)21(32)37)29-18(34)15-10-38-19(30-15)13-4-6-27-16(8-13)28-11-23(24,25)26/h4,6,8-10,12H,5,7,11H2,1-3H3,(H,27,28)(H,29,34)(H,35,36). The topological polar surface area (TPSA) is 155 Å². The van der Waals surface area contributed by atoms with E-state index >= 15 is 0 Å². The normalized spacial score (nSPS) is 15.9. The number of rotatable bonds is 8. The van der Waals surface area contributed by atoms with Gasteiger partial charge in [-0.25, -0.2) is 14.8 Å². The van der Waals surface area contributed by atoms with Crippen LogP contribution in [0.3, 0.4) is 0 Å². The first-order valence-corrected chi connectivity index (χ1v) is 11.4. The van der Waals surface area contributed by atoms with Crippen molar-refractivity contribution in [2.45, 2.75) is 39.4 Å². The minimum absolute atomic E-state index is 0.0421. The van der Waals surface area contributed by atoms with E-state index in [2.05, 4.69) is 25.7 Å². The zero-order valence-corrected chi connectivity index (χ0v) is 20.5. The molecule has 4 heterocycles. The van der Waals surface area contributed by atoms with Crippen LogP contribution in [-0.4, -0.2) is 61.9 Å². The predicted molar refractivity (Wildman–Crippen MR) is 128 cm³/mol. The van der Waals surface area contributed by atoms with Crippen molar-refractivity contribution < 1.29 is 37.1 Å². The zero-order valence-electron chi connectivity index (χ0n) is 20.5. The van der Waals surface area contributed by atoms with E-state index in [4.69, 9.17) is 4.42 Å². The highest BCUT2D eigenvalue weighted by atomic mass is 19.4. The number of hydrogen-bond donors (Lipinski definition) is 3. The van der Waals surface area contributed by atoms with E-state index < -0.39 is 36.1 Å². The fraction of sp³-hybridized carbons (Fsp3) is 0.391. The molecule has 1 saturated heterocycles. The highest BCUT2D eigenvalue weighted by Gasteiger charge is 2.41. The molecule has 2 amide bonds. The zero-order chi connectivity index (χ0) is 27.8. The molecule has 3 N–H and O–H groups in total. The fourth-order valence-corrected chi connectivity index (χ4v) is 3.70. The van der Waals surface area contributed by atoms with Gasteiger partial charge in [0.1, 0.15) is 30.4 Å². The summed E-state index contributed by atoms with van der Waals surface area (Å²) in [5.74, 6) is -2.13. The van der Waals surface area contributed by atoms with Crippen molar-refractivity contribution in [3.63, 3.8) is 0 Å². The number of nitrogens with zero attached hydrogens (tertiary/aromatic N) is 5. The summed E-state index contributed by atoms with van der Waals surface area (Å²) in [6.45, 7) is 4.01. The number of halogens is 3. The van der Waals surface area contributed by atoms with Crippen LogP contribution >= 0.6 is 0 Å². The molecule has 12 nitrogen and oxygen atoms in total. The number of anilines is 3. The van der Waals surface area contributed by atoms with Crippen LogP contribution < -0.4 is 15.5 Å². The average Bonchev–Trinajstić information content (AvgIpc) is 3.56. The number of hydrogen-bond acceptors (Lipinski definition) is 8. The van der Waals surface area contributed by atoms with Gasteiger partial charge in [0.15, 0.2) is 11.5 Å². The fourth-order valence-electron chi connectivity index (χ4n) is 3.70. The van der Waals surface area contributed by atoms with E-state index in [9.17, 15) is 32.7 Å². The molecule has 202 valence electrons. The molecule has 1 aliphatic rings.